The van der Waals surface area contributed by atoms with Gasteiger partial charge in [-0.2, -0.15) is 11.8 Å². The van der Waals surface area contributed by atoms with Crippen LogP contribution in [0.4, 0.5) is 0 Å². The van der Waals surface area contributed by atoms with Crippen molar-refractivity contribution in [2.45, 2.75) is 5.75 Å². The van der Waals surface area contributed by atoms with Crippen molar-refractivity contribution in [3.63, 3.8) is 0 Å². The third kappa shape index (κ3) is 5.79. The van der Waals surface area contributed by atoms with E-state index in [0.29, 0.717) is 17.2 Å². The average molecular weight is 332 g/mol. The topological polar surface area (TPSA) is 66.9 Å². The summed E-state index contributed by atoms with van der Waals surface area (Å²) in [4.78, 5) is 20.1. The van der Waals surface area contributed by atoms with Gasteiger partial charge in [-0.15, -0.1) is 0 Å². The summed E-state index contributed by atoms with van der Waals surface area (Å²) < 4.78 is 0. The van der Waals surface area contributed by atoms with Crippen LogP contribution in [0, 0.1) is 0 Å². The molecule has 0 aliphatic rings. The van der Waals surface area contributed by atoms with Crippen LogP contribution < -0.4 is 10.6 Å². The molecule has 0 radical (unpaired) electrons. The minimum absolute atomic E-state index is 0.203. The van der Waals surface area contributed by atoms with E-state index in [1.807, 2.05) is 18.2 Å². The van der Waals surface area contributed by atoms with E-state index in [2.05, 4.69) is 20.6 Å². The van der Waals surface area contributed by atoms with Gasteiger partial charge in [-0.1, -0.05) is 18.2 Å². The van der Waals surface area contributed by atoms with Gasteiger partial charge in [0.05, 0.1) is 5.69 Å². The monoisotopic (exact) mass is 332 g/mol. The van der Waals surface area contributed by atoms with Gasteiger partial charge in [0.15, 0.2) is 5.11 Å². The van der Waals surface area contributed by atoms with Crippen LogP contribution in [0.1, 0.15) is 16.1 Å². The smallest absolute Gasteiger partial charge is 0.257 e. The first-order chi connectivity index (χ1) is 10.8. The Hall–Kier alpha value is -1.99. The van der Waals surface area contributed by atoms with Gasteiger partial charge >= 0.3 is 0 Å². The molecule has 0 aliphatic heterocycles. The Kier molecular flexibility index (Phi) is 6.79. The van der Waals surface area contributed by atoms with Crippen molar-refractivity contribution < 1.29 is 4.79 Å². The molecule has 0 unspecified atom stereocenters. The molecule has 0 saturated carbocycles. The van der Waals surface area contributed by atoms with Crippen LogP contribution in [0.15, 0.2) is 48.9 Å². The number of carbonyl (C=O) groups is 1. The highest BCUT2D eigenvalue weighted by Gasteiger charge is 2.06. The lowest BCUT2D eigenvalue weighted by molar-refractivity contribution is 0.0976. The predicted octanol–water partition coefficient (Wildman–Crippen LogP) is 2.01. The summed E-state index contributed by atoms with van der Waals surface area (Å²) in [5.41, 5.74) is 1.54. The number of rotatable bonds is 6. The van der Waals surface area contributed by atoms with Crippen LogP contribution in [0.2, 0.25) is 0 Å². The molecule has 1 aromatic heterocycles. The fourth-order valence-electron chi connectivity index (χ4n) is 1.63. The Morgan fingerprint density at radius 1 is 1.23 bits per heavy atom. The van der Waals surface area contributed by atoms with Gasteiger partial charge in [-0.25, -0.2) is 0 Å². The normalized spacial score (nSPS) is 10.0. The van der Waals surface area contributed by atoms with Gasteiger partial charge in [0.2, 0.25) is 0 Å². The van der Waals surface area contributed by atoms with Crippen LogP contribution in [0.5, 0.6) is 0 Å². The summed E-state index contributed by atoms with van der Waals surface area (Å²) >= 11 is 6.82. The summed E-state index contributed by atoms with van der Waals surface area (Å²) in [6, 6.07) is 8.98. The quantitative estimate of drug-likeness (QED) is 0.623. The maximum atomic E-state index is 11.9. The Morgan fingerprint density at radius 3 is 2.77 bits per heavy atom. The second-order valence-corrected chi connectivity index (χ2v) is 5.84. The Morgan fingerprint density at radius 2 is 2.05 bits per heavy atom. The van der Waals surface area contributed by atoms with Gasteiger partial charge in [-0.05, 0) is 24.4 Å². The maximum Gasteiger partial charge on any atom is 0.257 e. The van der Waals surface area contributed by atoms with Crippen molar-refractivity contribution in [1.82, 2.24) is 20.6 Å². The SMILES string of the molecule is O=C(NC(=S)NCCSCc1cnccn1)c1ccccc1. The van der Waals surface area contributed by atoms with E-state index >= 15 is 0 Å². The molecule has 1 amide bonds. The summed E-state index contributed by atoms with van der Waals surface area (Å²) in [6.45, 7) is 0.679. The molecule has 1 aromatic carbocycles. The number of thioether (sulfide) groups is 1. The lowest BCUT2D eigenvalue weighted by Gasteiger charge is -2.09. The first-order valence-electron chi connectivity index (χ1n) is 6.72. The molecule has 114 valence electrons. The van der Waals surface area contributed by atoms with E-state index in [9.17, 15) is 4.79 Å². The van der Waals surface area contributed by atoms with Crippen LogP contribution >= 0.6 is 24.0 Å². The molecule has 5 nitrogen and oxygen atoms in total. The van der Waals surface area contributed by atoms with Crippen molar-refractivity contribution >= 4 is 35.0 Å². The minimum Gasteiger partial charge on any atom is -0.362 e. The Balaban J connectivity index is 1.61. The molecule has 0 aliphatic carbocycles. The third-order valence-corrected chi connectivity index (χ3v) is 3.90. The predicted molar refractivity (Wildman–Crippen MR) is 92.7 cm³/mol. The van der Waals surface area contributed by atoms with E-state index in [-0.39, 0.29) is 5.91 Å². The van der Waals surface area contributed by atoms with Crippen molar-refractivity contribution in [3.05, 3.63) is 60.2 Å². The number of carbonyl (C=O) groups excluding carboxylic acids is 1. The molecular formula is C15H16N4OS2. The van der Waals surface area contributed by atoms with Crippen molar-refractivity contribution in [2.75, 3.05) is 12.3 Å². The molecule has 2 aromatic rings. The zero-order valence-electron chi connectivity index (χ0n) is 11.9. The maximum absolute atomic E-state index is 11.9. The largest absolute Gasteiger partial charge is 0.362 e. The van der Waals surface area contributed by atoms with Crippen LogP contribution in [-0.2, 0) is 5.75 Å². The highest BCUT2D eigenvalue weighted by atomic mass is 32.2. The number of thiocarbonyl (C=S) groups is 1. The molecule has 2 N–H and O–H groups in total. The van der Waals surface area contributed by atoms with E-state index in [1.165, 1.54) is 0 Å². The number of aromatic nitrogens is 2. The molecule has 0 atom stereocenters. The van der Waals surface area contributed by atoms with E-state index < -0.39 is 0 Å². The summed E-state index contributed by atoms with van der Waals surface area (Å²) in [7, 11) is 0. The van der Waals surface area contributed by atoms with Crippen LogP contribution in [0.3, 0.4) is 0 Å². The molecule has 0 fully saturated rings. The van der Waals surface area contributed by atoms with Gasteiger partial charge in [0.25, 0.3) is 5.91 Å². The second kappa shape index (κ2) is 9.11. The standard InChI is InChI=1S/C15H16N4OS2/c20-14(12-4-2-1-3-5-12)19-15(21)18-8-9-22-11-13-10-16-6-7-17-13/h1-7,10H,8-9,11H2,(H2,18,19,20,21). The summed E-state index contributed by atoms with van der Waals surface area (Å²) in [5.74, 6) is 1.46. The van der Waals surface area contributed by atoms with Gasteiger partial charge in [-0.3, -0.25) is 20.1 Å². The Bertz CT molecular complexity index is 607. The molecule has 0 spiro atoms. The van der Waals surface area contributed by atoms with Crippen molar-refractivity contribution in [1.29, 1.82) is 0 Å². The van der Waals surface area contributed by atoms with Crippen LogP contribution in [0.25, 0.3) is 0 Å². The van der Waals surface area contributed by atoms with Gasteiger partial charge < -0.3 is 5.32 Å². The number of amides is 1. The number of benzene rings is 1. The lowest BCUT2D eigenvalue weighted by Crippen LogP contribution is -2.40. The minimum atomic E-state index is -0.203. The average Bonchev–Trinajstić information content (AvgIpc) is 2.56. The molecule has 0 saturated heterocycles. The molecule has 0 bridgehead atoms. The van der Waals surface area contributed by atoms with E-state index in [4.69, 9.17) is 12.2 Å². The molecule has 2 rings (SSSR count). The first-order valence-corrected chi connectivity index (χ1v) is 8.29. The number of nitrogens with one attached hydrogen (secondary N) is 2. The van der Waals surface area contributed by atoms with Crippen molar-refractivity contribution in [2.24, 2.45) is 0 Å². The van der Waals surface area contributed by atoms with E-state index in [1.54, 1.807) is 42.5 Å². The highest BCUT2D eigenvalue weighted by Crippen LogP contribution is 2.07. The summed E-state index contributed by atoms with van der Waals surface area (Å²) in [5, 5.41) is 6.01. The molecular weight excluding hydrogens is 316 g/mol. The molecule has 1 heterocycles. The number of hydrogen-bond donors (Lipinski definition) is 2. The second-order valence-electron chi connectivity index (χ2n) is 4.33. The highest BCUT2D eigenvalue weighted by molar-refractivity contribution is 7.98. The van der Waals surface area contributed by atoms with E-state index in [0.717, 1.165) is 17.2 Å². The van der Waals surface area contributed by atoms with Gasteiger partial charge in [0, 0.05) is 42.2 Å². The molecule has 22 heavy (non-hydrogen) atoms. The summed E-state index contributed by atoms with van der Waals surface area (Å²) in [6.07, 6.45) is 5.09. The first kappa shape index (κ1) is 16.4. The fourth-order valence-corrected chi connectivity index (χ4v) is 2.57. The number of hydrogen-bond acceptors (Lipinski definition) is 5. The number of nitrogens with zero attached hydrogens (tertiary/aromatic N) is 2. The Labute approximate surface area is 138 Å². The third-order valence-electron chi connectivity index (χ3n) is 2.66. The van der Waals surface area contributed by atoms with Crippen LogP contribution in [-0.4, -0.2) is 33.3 Å². The van der Waals surface area contributed by atoms with Gasteiger partial charge in [0.1, 0.15) is 0 Å². The molecule has 7 heteroatoms. The lowest BCUT2D eigenvalue weighted by atomic mass is 10.2. The zero-order chi connectivity index (χ0) is 15.6. The fraction of sp³-hybridized carbons (Fsp3) is 0.200. The van der Waals surface area contributed by atoms with Crippen molar-refractivity contribution in [3.8, 4) is 0 Å². The zero-order valence-corrected chi connectivity index (χ0v) is 13.5.